The predicted molar refractivity (Wildman–Crippen MR) is 121 cm³/mol. The largest absolute Gasteiger partial charge is 0.457 e. The Hall–Kier alpha value is -3.43. The molecule has 0 fully saturated rings. The molecule has 198 valence electrons. The van der Waals surface area contributed by atoms with E-state index in [0.717, 1.165) is 6.07 Å². The second kappa shape index (κ2) is 10.5. The Bertz CT molecular complexity index is 1290. The van der Waals surface area contributed by atoms with Crippen LogP contribution in [0.4, 0.5) is 35.1 Å². The van der Waals surface area contributed by atoms with E-state index in [1.165, 1.54) is 25.1 Å². The van der Waals surface area contributed by atoms with E-state index >= 15 is 0 Å². The summed E-state index contributed by atoms with van der Waals surface area (Å²) >= 11 is 0. The van der Waals surface area contributed by atoms with Crippen LogP contribution in [0.2, 0.25) is 0 Å². The lowest BCUT2D eigenvalue weighted by atomic mass is 9.86. The zero-order chi connectivity index (χ0) is 27.7. The third kappa shape index (κ3) is 7.30. The monoisotopic (exact) mass is 530 g/mol. The van der Waals surface area contributed by atoms with Gasteiger partial charge in [-0.2, -0.15) is 26.3 Å². The molecule has 0 aliphatic rings. The van der Waals surface area contributed by atoms with Crippen molar-refractivity contribution in [1.82, 2.24) is 0 Å². The van der Waals surface area contributed by atoms with Crippen molar-refractivity contribution in [2.24, 2.45) is 5.92 Å². The van der Waals surface area contributed by atoms with Crippen molar-refractivity contribution >= 4 is 5.78 Å². The van der Waals surface area contributed by atoms with Crippen LogP contribution in [0, 0.1) is 17.6 Å². The quantitative estimate of drug-likeness (QED) is 0.285. The molecule has 3 rings (SSSR count). The summed E-state index contributed by atoms with van der Waals surface area (Å²) in [6.07, 6.45) is -9.35. The molecular formula is C27H22F8O2. The van der Waals surface area contributed by atoms with Crippen LogP contribution in [0.1, 0.15) is 49.8 Å². The van der Waals surface area contributed by atoms with E-state index < -0.39 is 46.8 Å². The summed E-state index contributed by atoms with van der Waals surface area (Å²) in [4.78, 5) is 12.4. The van der Waals surface area contributed by atoms with Crippen LogP contribution in [0.25, 0.3) is 11.1 Å². The fourth-order valence-corrected chi connectivity index (χ4v) is 3.90. The molecule has 37 heavy (non-hydrogen) atoms. The van der Waals surface area contributed by atoms with Crippen molar-refractivity contribution in [3.8, 4) is 22.6 Å². The fourth-order valence-electron chi connectivity index (χ4n) is 3.90. The van der Waals surface area contributed by atoms with Gasteiger partial charge in [-0.3, -0.25) is 4.79 Å². The molecule has 10 heteroatoms. The molecule has 0 aliphatic carbocycles. The average Bonchev–Trinajstić information content (AvgIpc) is 2.75. The second-order valence-corrected chi connectivity index (χ2v) is 9.09. The van der Waals surface area contributed by atoms with Gasteiger partial charge in [0.25, 0.3) is 0 Å². The standard InChI is InChI=1S/C27H22F8O2/c1-14(2)4-25(15(3)36)18-5-16(17-6-19(26(30,31)32)10-21(28)7-17)8-23(9-18)37-24-12-20(27(33,34)35)11-22(29)13-24/h5-14,25H,4H2,1-3H3. The first-order chi connectivity index (χ1) is 17.0. The fraction of sp³-hybridized carbons (Fsp3) is 0.296. The van der Waals surface area contributed by atoms with Gasteiger partial charge in [0.05, 0.1) is 11.1 Å². The molecule has 0 saturated carbocycles. The highest BCUT2D eigenvalue weighted by Gasteiger charge is 2.33. The number of rotatable bonds is 7. The third-order valence-electron chi connectivity index (χ3n) is 5.52. The molecule has 0 amide bonds. The number of Topliss-reactive ketones (excluding diaryl/α,β-unsaturated/α-hetero) is 1. The van der Waals surface area contributed by atoms with Crippen molar-refractivity contribution in [2.45, 2.75) is 45.5 Å². The molecule has 0 bridgehead atoms. The van der Waals surface area contributed by atoms with Crippen LogP contribution in [-0.4, -0.2) is 5.78 Å². The van der Waals surface area contributed by atoms with Crippen LogP contribution in [0.3, 0.4) is 0 Å². The Labute approximate surface area is 207 Å². The maximum atomic E-state index is 14.1. The summed E-state index contributed by atoms with van der Waals surface area (Å²) in [7, 11) is 0. The van der Waals surface area contributed by atoms with E-state index in [1.54, 1.807) is 0 Å². The highest BCUT2D eigenvalue weighted by Crippen LogP contribution is 2.39. The molecule has 3 aromatic carbocycles. The maximum absolute atomic E-state index is 14.1. The number of benzene rings is 3. The van der Waals surface area contributed by atoms with Gasteiger partial charge in [-0.25, -0.2) is 8.78 Å². The summed E-state index contributed by atoms with van der Waals surface area (Å²) < 4.78 is 113. The number of carbonyl (C=O) groups excluding carboxylic acids is 1. The Morgan fingerprint density at radius 3 is 1.78 bits per heavy atom. The molecule has 0 aromatic heterocycles. The van der Waals surface area contributed by atoms with Crippen LogP contribution < -0.4 is 4.74 Å². The van der Waals surface area contributed by atoms with Crippen molar-refractivity contribution in [3.05, 3.63) is 82.9 Å². The molecule has 0 heterocycles. The molecule has 1 atom stereocenters. The number of hydrogen-bond acceptors (Lipinski definition) is 2. The molecule has 3 aromatic rings. The van der Waals surface area contributed by atoms with Gasteiger partial charge in [0, 0.05) is 12.0 Å². The highest BCUT2D eigenvalue weighted by atomic mass is 19.4. The van der Waals surface area contributed by atoms with Gasteiger partial charge >= 0.3 is 12.4 Å². The number of carbonyl (C=O) groups is 1. The molecule has 0 spiro atoms. The number of alkyl halides is 6. The predicted octanol–water partition coefficient (Wildman–Crippen LogP) is 9.18. The lowest BCUT2D eigenvalue weighted by Crippen LogP contribution is -2.12. The van der Waals surface area contributed by atoms with E-state index in [0.29, 0.717) is 36.2 Å². The summed E-state index contributed by atoms with van der Waals surface area (Å²) in [6.45, 7) is 5.03. The number of ether oxygens (including phenoxy) is 1. The van der Waals surface area contributed by atoms with Gasteiger partial charge in [0.2, 0.25) is 0 Å². The first-order valence-corrected chi connectivity index (χ1v) is 11.1. The van der Waals surface area contributed by atoms with E-state index in [2.05, 4.69) is 0 Å². The van der Waals surface area contributed by atoms with Gasteiger partial charge in [-0.1, -0.05) is 19.9 Å². The third-order valence-corrected chi connectivity index (χ3v) is 5.52. The molecular weight excluding hydrogens is 508 g/mol. The van der Waals surface area contributed by atoms with Crippen molar-refractivity contribution in [3.63, 3.8) is 0 Å². The van der Waals surface area contributed by atoms with E-state index in [-0.39, 0.29) is 34.6 Å². The molecule has 0 aliphatic heterocycles. The summed E-state index contributed by atoms with van der Waals surface area (Å²) in [5.41, 5.74) is -2.42. The van der Waals surface area contributed by atoms with Crippen molar-refractivity contribution < 1.29 is 44.7 Å². The number of hydrogen-bond donors (Lipinski definition) is 0. The highest BCUT2D eigenvalue weighted by molar-refractivity contribution is 5.84. The summed E-state index contributed by atoms with van der Waals surface area (Å²) in [6, 6.07) is 7.39. The topological polar surface area (TPSA) is 26.3 Å². The first kappa shape index (κ1) is 28.1. The van der Waals surface area contributed by atoms with Gasteiger partial charge in [-0.15, -0.1) is 0 Å². The molecule has 0 radical (unpaired) electrons. The molecule has 1 unspecified atom stereocenters. The van der Waals surface area contributed by atoms with E-state index in [9.17, 15) is 39.9 Å². The second-order valence-electron chi connectivity index (χ2n) is 9.09. The van der Waals surface area contributed by atoms with Crippen molar-refractivity contribution in [1.29, 1.82) is 0 Å². The lowest BCUT2D eigenvalue weighted by molar-refractivity contribution is -0.138. The van der Waals surface area contributed by atoms with Crippen LogP contribution in [-0.2, 0) is 17.1 Å². The Balaban J connectivity index is 2.19. The normalized spacial score (nSPS) is 13.1. The minimum atomic E-state index is -4.86. The Kier molecular flexibility index (Phi) is 8.00. The Morgan fingerprint density at radius 1 is 0.730 bits per heavy atom. The van der Waals surface area contributed by atoms with Gasteiger partial charge in [0.15, 0.2) is 0 Å². The van der Waals surface area contributed by atoms with Gasteiger partial charge < -0.3 is 4.74 Å². The number of halogens is 8. The number of ketones is 1. The molecule has 0 saturated heterocycles. The lowest BCUT2D eigenvalue weighted by Gasteiger charge is -2.20. The van der Waals surface area contributed by atoms with Crippen molar-refractivity contribution in [2.75, 3.05) is 0 Å². The van der Waals surface area contributed by atoms with Gasteiger partial charge in [0.1, 0.15) is 28.9 Å². The molecule has 2 nitrogen and oxygen atoms in total. The summed E-state index contributed by atoms with van der Waals surface area (Å²) in [5.74, 6) is -4.03. The minimum absolute atomic E-state index is 0.0277. The maximum Gasteiger partial charge on any atom is 0.416 e. The first-order valence-electron chi connectivity index (χ1n) is 11.1. The smallest absolute Gasteiger partial charge is 0.416 e. The average molecular weight is 530 g/mol. The zero-order valence-electron chi connectivity index (χ0n) is 19.9. The molecule has 0 N–H and O–H groups in total. The zero-order valence-corrected chi connectivity index (χ0v) is 19.9. The van der Waals surface area contributed by atoms with E-state index in [4.69, 9.17) is 4.74 Å². The van der Waals surface area contributed by atoms with E-state index in [1.807, 2.05) is 13.8 Å². The summed E-state index contributed by atoms with van der Waals surface area (Å²) in [5, 5.41) is 0. The minimum Gasteiger partial charge on any atom is -0.457 e. The van der Waals surface area contributed by atoms with Gasteiger partial charge in [-0.05, 0) is 78.4 Å². The van der Waals surface area contributed by atoms with Crippen LogP contribution >= 0.6 is 0 Å². The van der Waals surface area contributed by atoms with Crippen LogP contribution in [0.5, 0.6) is 11.5 Å². The Morgan fingerprint density at radius 2 is 1.24 bits per heavy atom. The van der Waals surface area contributed by atoms with Crippen LogP contribution in [0.15, 0.2) is 54.6 Å². The SMILES string of the molecule is CC(=O)C(CC(C)C)c1cc(Oc2cc(F)cc(C(F)(F)F)c2)cc(-c2cc(F)cc(C(F)(F)F)c2)c1.